The third kappa shape index (κ3) is 6.07. The summed E-state index contributed by atoms with van der Waals surface area (Å²) < 4.78 is 5.48. The first kappa shape index (κ1) is 27.3. The Balaban J connectivity index is 1.24. The highest BCUT2D eigenvalue weighted by atomic mass is 35.5. The Morgan fingerprint density at radius 2 is 1.68 bits per heavy atom. The predicted molar refractivity (Wildman–Crippen MR) is 159 cm³/mol. The summed E-state index contributed by atoms with van der Waals surface area (Å²) in [6.07, 6.45) is 6.83. The third-order valence-electron chi connectivity index (χ3n) is 7.63. The molecule has 5 heterocycles. The number of benzene rings is 1. The summed E-state index contributed by atoms with van der Waals surface area (Å²) in [5.41, 5.74) is 5.86. The topological polar surface area (TPSA) is 87.6 Å². The Morgan fingerprint density at radius 3 is 2.41 bits per heavy atom. The lowest BCUT2D eigenvalue weighted by molar-refractivity contribution is 0.0342. The summed E-state index contributed by atoms with van der Waals surface area (Å²) in [5.74, 6) is 0.715. The summed E-state index contributed by atoms with van der Waals surface area (Å²) in [4.78, 5) is 37.9. The minimum Gasteiger partial charge on any atom is -0.379 e. The van der Waals surface area contributed by atoms with E-state index in [9.17, 15) is 4.79 Å². The zero-order valence-corrected chi connectivity index (χ0v) is 23.8. The van der Waals surface area contributed by atoms with Gasteiger partial charge in [0.2, 0.25) is 0 Å². The zero-order chi connectivity index (χ0) is 28.2. The molecule has 10 heteroatoms. The maximum absolute atomic E-state index is 13.1. The molecule has 0 spiro atoms. The first-order chi connectivity index (χ1) is 20.1. The number of anilines is 1. The summed E-state index contributed by atoms with van der Waals surface area (Å²) in [5, 5.41) is 0.519. The van der Waals surface area contributed by atoms with Crippen molar-refractivity contribution < 1.29 is 9.53 Å². The van der Waals surface area contributed by atoms with E-state index in [1.165, 1.54) is 5.56 Å². The van der Waals surface area contributed by atoms with Crippen molar-refractivity contribution in [2.75, 3.05) is 57.4 Å². The van der Waals surface area contributed by atoms with E-state index >= 15 is 0 Å². The number of morpholine rings is 1. The van der Waals surface area contributed by atoms with Crippen molar-refractivity contribution in [3.05, 3.63) is 89.1 Å². The van der Waals surface area contributed by atoms with E-state index in [0.717, 1.165) is 61.1 Å². The minimum absolute atomic E-state index is 0.0366. The lowest BCUT2D eigenvalue weighted by Crippen LogP contribution is -2.49. The molecule has 210 valence electrons. The minimum atomic E-state index is -0.0366. The molecule has 6 rings (SSSR count). The molecule has 0 atom stereocenters. The van der Waals surface area contributed by atoms with Gasteiger partial charge in [-0.15, -0.1) is 0 Å². The standard InChI is InChI=1S/C31H32ClN7O2/c1-22-3-2-9-34-28(22)31(40)39-13-11-38(12-14-39)27-20-35-29(30(36-27)25-8-10-33-19-26(25)32)24-6-4-23(5-7-24)21-37-15-17-41-18-16-37/h2-10,19-20H,11-18,21H2,1H3. The Labute approximate surface area is 244 Å². The molecule has 4 aromatic rings. The van der Waals surface area contributed by atoms with Crippen molar-refractivity contribution in [1.82, 2.24) is 29.7 Å². The van der Waals surface area contributed by atoms with Crippen LogP contribution in [0.2, 0.25) is 5.02 Å². The lowest BCUT2D eigenvalue weighted by Gasteiger charge is -2.35. The molecule has 0 unspecified atom stereocenters. The van der Waals surface area contributed by atoms with Crippen LogP contribution in [-0.2, 0) is 11.3 Å². The van der Waals surface area contributed by atoms with Crippen molar-refractivity contribution in [1.29, 1.82) is 0 Å². The maximum Gasteiger partial charge on any atom is 0.272 e. The average molecular weight is 570 g/mol. The molecule has 0 bridgehead atoms. The van der Waals surface area contributed by atoms with Crippen molar-refractivity contribution >= 4 is 23.3 Å². The molecule has 0 aliphatic carbocycles. The highest BCUT2D eigenvalue weighted by Crippen LogP contribution is 2.34. The third-order valence-corrected chi connectivity index (χ3v) is 7.93. The summed E-state index contributed by atoms with van der Waals surface area (Å²) in [6, 6.07) is 14.1. The van der Waals surface area contributed by atoms with E-state index < -0.39 is 0 Å². The van der Waals surface area contributed by atoms with Crippen molar-refractivity contribution in [3.63, 3.8) is 0 Å². The van der Waals surface area contributed by atoms with E-state index in [0.29, 0.717) is 42.6 Å². The Kier molecular flexibility index (Phi) is 8.18. The van der Waals surface area contributed by atoms with Gasteiger partial charge in [0, 0.05) is 75.5 Å². The smallest absolute Gasteiger partial charge is 0.272 e. The first-order valence-electron chi connectivity index (χ1n) is 13.9. The SMILES string of the molecule is Cc1cccnc1C(=O)N1CCN(c2cnc(-c3ccc(CN4CCOCC4)cc3)c(-c3ccncc3Cl)n2)CC1. The van der Waals surface area contributed by atoms with Crippen molar-refractivity contribution in [2.45, 2.75) is 13.5 Å². The zero-order valence-electron chi connectivity index (χ0n) is 23.0. The number of hydrogen-bond donors (Lipinski definition) is 0. The molecular formula is C31H32ClN7O2. The van der Waals surface area contributed by atoms with Crippen LogP contribution < -0.4 is 4.90 Å². The van der Waals surface area contributed by atoms with Gasteiger partial charge in [-0.1, -0.05) is 41.9 Å². The van der Waals surface area contributed by atoms with Gasteiger partial charge in [-0.2, -0.15) is 0 Å². The van der Waals surface area contributed by atoms with Crippen molar-refractivity contribution in [3.8, 4) is 22.5 Å². The van der Waals surface area contributed by atoms with E-state index in [1.807, 2.05) is 36.2 Å². The van der Waals surface area contributed by atoms with Crippen LogP contribution >= 0.6 is 11.6 Å². The molecule has 0 radical (unpaired) electrons. The van der Waals surface area contributed by atoms with E-state index in [2.05, 4.69) is 44.0 Å². The van der Waals surface area contributed by atoms with Crippen LogP contribution in [0.4, 0.5) is 5.82 Å². The second-order valence-electron chi connectivity index (χ2n) is 10.3. The molecule has 1 aromatic carbocycles. The van der Waals surface area contributed by atoms with Gasteiger partial charge in [0.25, 0.3) is 5.91 Å². The van der Waals surface area contributed by atoms with Gasteiger partial charge in [0.05, 0.1) is 30.1 Å². The number of pyridine rings is 2. The highest BCUT2D eigenvalue weighted by molar-refractivity contribution is 6.33. The molecule has 9 nitrogen and oxygen atoms in total. The molecule has 0 N–H and O–H groups in total. The van der Waals surface area contributed by atoms with Gasteiger partial charge in [-0.25, -0.2) is 4.98 Å². The monoisotopic (exact) mass is 569 g/mol. The molecule has 2 saturated heterocycles. The average Bonchev–Trinajstić information content (AvgIpc) is 3.02. The van der Waals surface area contributed by atoms with Crippen LogP contribution in [0.3, 0.4) is 0 Å². The number of carbonyl (C=O) groups is 1. The number of carbonyl (C=O) groups excluding carboxylic acids is 1. The quantitative estimate of drug-likeness (QED) is 0.339. The Hall–Kier alpha value is -3.92. The maximum atomic E-state index is 13.1. The largest absolute Gasteiger partial charge is 0.379 e. The lowest BCUT2D eigenvalue weighted by atomic mass is 10.0. The Morgan fingerprint density at radius 1 is 0.902 bits per heavy atom. The van der Waals surface area contributed by atoms with Gasteiger partial charge in [0.15, 0.2) is 0 Å². The molecule has 2 aliphatic heterocycles. The normalized spacial score (nSPS) is 16.1. The van der Waals surface area contributed by atoms with Crippen LogP contribution in [-0.4, -0.2) is 88.1 Å². The second-order valence-corrected chi connectivity index (χ2v) is 10.7. The number of aromatic nitrogens is 4. The number of halogens is 1. The van der Waals surface area contributed by atoms with Crippen LogP contribution in [0.1, 0.15) is 21.6 Å². The fourth-order valence-corrected chi connectivity index (χ4v) is 5.49. The second kappa shape index (κ2) is 12.3. The van der Waals surface area contributed by atoms with Crippen LogP contribution in [0.5, 0.6) is 0 Å². The summed E-state index contributed by atoms with van der Waals surface area (Å²) in [6.45, 7) is 8.72. The number of hydrogen-bond acceptors (Lipinski definition) is 8. The number of amides is 1. The molecular weight excluding hydrogens is 538 g/mol. The highest BCUT2D eigenvalue weighted by Gasteiger charge is 2.26. The van der Waals surface area contributed by atoms with Gasteiger partial charge < -0.3 is 14.5 Å². The first-order valence-corrected chi connectivity index (χ1v) is 14.3. The van der Waals surface area contributed by atoms with Gasteiger partial charge >= 0.3 is 0 Å². The fraction of sp³-hybridized carbons (Fsp3) is 0.323. The van der Waals surface area contributed by atoms with E-state index in [-0.39, 0.29) is 5.91 Å². The number of piperazine rings is 1. The molecule has 1 amide bonds. The van der Waals surface area contributed by atoms with Gasteiger partial charge in [-0.05, 0) is 30.2 Å². The molecule has 41 heavy (non-hydrogen) atoms. The van der Waals surface area contributed by atoms with Crippen molar-refractivity contribution in [2.24, 2.45) is 0 Å². The van der Waals surface area contributed by atoms with Gasteiger partial charge in [-0.3, -0.25) is 24.6 Å². The molecule has 2 fully saturated rings. The van der Waals surface area contributed by atoms with Crippen LogP contribution in [0.25, 0.3) is 22.5 Å². The van der Waals surface area contributed by atoms with Crippen LogP contribution in [0, 0.1) is 6.92 Å². The van der Waals surface area contributed by atoms with Gasteiger partial charge in [0.1, 0.15) is 17.2 Å². The number of rotatable bonds is 6. The fourth-order valence-electron chi connectivity index (χ4n) is 5.28. The Bertz CT molecular complexity index is 1520. The summed E-state index contributed by atoms with van der Waals surface area (Å²) >= 11 is 6.61. The predicted octanol–water partition coefficient (Wildman–Crippen LogP) is 4.36. The van der Waals surface area contributed by atoms with Crippen LogP contribution in [0.15, 0.2) is 67.3 Å². The summed E-state index contributed by atoms with van der Waals surface area (Å²) in [7, 11) is 0. The molecule has 2 aliphatic rings. The molecule has 3 aromatic heterocycles. The number of ether oxygens (including phenoxy) is 1. The number of nitrogens with zero attached hydrogens (tertiary/aromatic N) is 7. The van der Waals surface area contributed by atoms with E-state index in [1.54, 1.807) is 18.6 Å². The number of aryl methyl sites for hydroxylation is 1. The molecule has 0 saturated carbocycles. The van der Waals surface area contributed by atoms with E-state index in [4.69, 9.17) is 26.3 Å².